The first-order valence-corrected chi connectivity index (χ1v) is 9.17. The van der Waals surface area contributed by atoms with Crippen LogP contribution in [0.3, 0.4) is 0 Å². The zero-order chi connectivity index (χ0) is 18.5. The lowest BCUT2D eigenvalue weighted by Crippen LogP contribution is -2.17. The van der Waals surface area contributed by atoms with Gasteiger partial charge in [0.05, 0.1) is 12.5 Å². The molecule has 3 atom stereocenters. The number of hydrogen-bond donors (Lipinski definition) is 2. The van der Waals surface area contributed by atoms with Crippen LogP contribution in [0.25, 0.3) is 0 Å². The number of rotatable bonds is 11. The largest absolute Gasteiger partial charge is 0.481 e. The smallest absolute Gasteiger partial charge is 0.308 e. The average molecular weight is 346 g/mol. The number of aliphatic carboxylic acids is 1. The molecule has 1 aliphatic rings. The maximum absolute atomic E-state index is 12.1. The molecule has 0 heterocycles. The summed E-state index contributed by atoms with van der Waals surface area (Å²) in [5, 5.41) is 17.9. The molecule has 1 unspecified atom stereocenters. The Morgan fingerprint density at radius 3 is 2.80 bits per heavy atom. The second kappa shape index (κ2) is 12.5. The van der Waals surface area contributed by atoms with E-state index in [1.165, 1.54) is 0 Å². The standard InChI is InChI=1S/C21H30O4/c1-2-3-4-5-6-8-11-17-14-15-20(23)19(17)13-10-7-9-12-18(16-22)21(24)25/h7-8,10-11,17-19,22H,4-6,9,12-16H2,1H3,(H,24,25)/t17-,18?,19+/m0/s1. The molecule has 4 nitrogen and oxygen atoms in total. The Balaban J connectivity index is 2.36. The lowest BCUT2D eigenvalue weighted by atomic mass is 9.91. The lowest BCUT2D eigenvalue weighted by Gasteiger charge is -2.12. The molecule has 0 saturated heterocycles. The van der Waals surface area contributed by atoms with Crippen LogP contribution in [-0.2, 0) is 9.59 Å². The number of Topliss-reactive ketones (excluding diaryl/α,β-unsaturated/α-hetero) is 1. The Morgan fingerprint density at radius 1 is 1.32 bits per heavy atom. The number of carbonyl (C=O) groups is 2. The number of aliphatic hydroxyl groups is 1. The second-order valence-corrected chi connectivity index (χ2v) is 6.52. The third kappa shape index (κ3) is 8.18. The van der Waals surface area contributed by atoms with Crippen molar-refractivity contribution in [1.29, 1.82) is 0 Å². The predicted molar refractivity (Wildman–Crippen MR) is 98.9 cm³/mol. The Bertz CT molecular complexity index is 536. The molecule has 0 radical (unpaired) electrons. The number of carbonyl (C=O) groups excluding carboxylic acids is 1. The van der Waals surface area contributed by atoms with Crippen LogP contribution in [0.4, 0.5) is 0 Å². The highest BCUT2D eigenvalue weighted by Gasteiger charge is 2.31. The van der Waals surface area contributed by atoms with Gasteiger partial charge in [-0.25, -0.2) is 0 Å². The molecule has 0 aromatic carbocycles. The molecule has 0 spiro atoms. The monoisotopic (exact) mass is 346 g/mol. The van der Waals surface area contributed by atoms with E-state index in [2.05, 4.69) is 24.0 Å². The van der Waals surface area contributed by atoms with E-state index in [0.717, 1.165) is 25.7 Å². The molecule has 138 valence electrons. The summed E-state index contributed by atoms with van der Waals surface area (Å²) in [6, 6.07) is 0. The third-order valence-electron chi connectivity index (χ3n) is 4.70. The van der Waals surface area contributed by atoms with Gasteiger partial charge in [-0.15, -0.1) is 11.8 Å². The molecule has 1 fully saturated rings. The summed E-state index contributed by atoms with van der Waals surface area (Å²) >= 11 is 0. The minimum absolute atomic E-state index is 0.0519. The molecule has 2 N–H and O–H groups in total. The van der Waals surface area contributed by atoms with Crippen molar-refractivity contribution in [2.45, 2.75) is 58.3 Å². The van der Waals surface area contributed by atoms with Gasteiger partial charge in [0, 0.05) is 18.8 Å². The van der Waals surface area contributed by atoms with Crippen molar-refractivity contribution >= 4 is 11.8 Å². The SMILES string of the molecule is CC#CCCCC=C[C@H]1CCC(=O)[C@@H]1CC=CCCC(CO)C(=O)O. The van der Waals surface area contributed by atoms with Crippen molar-refractivity contribution in [2.24, 2.45) is 17.8 Å². The first-order valence-electron chi connectivity index (χ1n) is 9.17. The molecule has 0 amide bonds. The second-order valence-electron chi connectivity index (χ2n) is 6.52. The fraction of sp³-hybridized carbons (Fsp3) is 0.619. The van der Waals surface area contributed by atoms with E-state index in [9.17, 15) is 9.59 Å². The molecule has 0 aromatic heterocycles. The third-order valence-corrected chi connectivity index (χ3v) is 4.70. The molecule has 1 rings (SSSR count). The Morgan fingerprint density at radius 2 is 2.12 bits per heavy atom. The molecule has 25 heavy (non-hydrogen) atoms. The minimum Gasteiger partial charge on any atom is -0.481 e. The number of unbranched alkanes of at least 4 members (excludes halogenated alkanes) is 2. The predicted octanol–water partition coefficient (Wildman–Crippen LogP) is 3.75. The molecule has 1 aliphatic carbocycles. The molecule has 4 heteroatoms. The van der Waals surface area contributed by atoms with Crippen molar-refractivity contribution in [3.63, 3.8) is 0 Å². The van der Waals surface area contributed by atoms with E-state index in [0.29, 0.717) is 37.4 Å². The van der Waals surface area contributed by atoms with Crippen LogP contribution >= 0.6 is 0 Å². The van der Waals surface area contributed by atoms with Gasteiger partial charge >= 0.3 is 5.97 Å². The van der Waals surface area contributed by atoms with Crippen molar-refractivity contribution in [3.8, 4) is 11.8 Å². The maximum atomic E-state index is 12.1. The zero-order valence-electron chi connectivity index (χ0n) is 15.1. The zero-order valence-corrected chi connectivity index (χ0v) is 15.1. The molecular formula is C21H30O4. The van der Waals surface area contributed by atoms with E-state index in [1.807, 2.05) is 19.1 Å². The normalized spacial score (nSPS) is 21.6. The number of ketones is 1. The number of hydrogen-bond acceptors (Lipinski definition) is 3. The summed E-state index contributed by atoms with van der Waals surface area (Å²) in [4.78, 5) is 22.9. The first kappa shape index (κ1) is 21.2. The van der Waals surface area contributed by atoms with Crippen molar-refractivity contribution in [2.75, 3.05) is 6.61 Å². The van der Waals surface area contributed by atoms with Gasteiger partial charge in [0.1, 0.15) is 5.78 Å². The van der Waals surface area contributed by atoms with Gasteiger partial charge < -0.3 is 10.2 Å². The van der Waals surface area contributed by atoms with E-state index >= 15 is 0 Å². The molecule has 1 saturated carbocycles. The quantitative estimate of drug-likeness (QED) is 0.339. The van der Waals surface area contributed by atoms with E-state index in [4.69, 9.17) is 10.2 Å². The van der Waals surface area contributed by atoms with Crippen molar-refractivity contribution in [1.82, 2.24) is 0 Å². The van der Waals surface area contributed by atoms with Gasteiger partial charge in [-0.2, -0.15) is 0 Å². The lowest BCUT2D eigenvalue weighted by molar-refractivity contribution is -0.143. The topological polar surface area (TPSA) is 74.6 Å². The first-order chi connectivity index (χ1) is 12.1. The molecule has 0 aliphatic heterocycles. The summed E-state index contributed by atoms with van der Waals surface area (Å²) in [6.07, 6.45) is 14.6. The van der Waals surface area contributed by atoms with Crippen LogP contribution in [0, 0.1) is 29.6 Å². The van der Waals surface area contributed by atoms with Gasteiger partial charge in [0.15, 0.2) is 0 Å². The van der Waals surface area contributed by atoms with Crippen LogP contribution in [0.15, 0.2) is 24.3 Å². The van der Waals surface area contributed by atoms with E-state index in [-0.39, 0.29) is 12.5 Å². The highest BCUT2D eigenvalue weighted by atomic mass is 16.4. The Kier molecular flexibility index (Phi) is 10.6. The molecular weight excluding hydrogens is 316 g/mol. The average Bonchev–Trinajstić information content (AvgIpc) is 2.94. The number of carboxylic acids is 1. The number of aliphatic hydroxyl groups excluding tert-OH is 1. The van der Waals surface area contributed by atoms with Crippen LogP contribution in [0.2, 0.25) is 0 Å². The van der Waals surface area contributed by atoms with Crippen LogP contribution in [0.5, 0.6) is 0 Å². The summed E-state index contributed by atoms with van der Waals surface area (Å²) in [7, 11) is 0. The summed E-state index contributed by atoms with van der Waals surface area (Å²) in [5.41, 5.74) is 0. The van der Waals surface area contributed by atoms with Crippen LogP contribution < -0.4 is 0 Å². The van der Waals surface area contributed by atoms with Crippen LogP contribution in [-0.4, -0.2) is 28.6 Å². The number of allylic oxidation sites excluding steroid dienone is 4. The minimum atomic E-state index is -0.961. The fourth-order valence-electron chi connectivity index (χ4n) is 3.13. The van der Waals surface area contributed by atoms with Gasteiger partial charge in [-0.05, 0) is 51.4 Å². The summed E-state index contributed by atoms with van der Waals surface area (Å²) in [5.74, 6) is 4.98. The fourth-order valence-corrected chi connectivity index (χ4v) is 3.13. The van der Waals surface area contributed by atoms with Gasteiger partial charge in [0.2, 0.25) is 0 Å². The highest BCUT2D eigenvalue weighted by Crippen LogP contribution is 2.32. The highest BCUT2D eigenvalue weighted by molar-refractivity contribution is 5.83. The van der Waals surface area contributed by atoms with Gasteiger partial charge in [-0.3, -0.25) is 9.59 Å². The van der Waals surface area contributed by atoms with Crippen molar-refractivity contribution in [3.05, 3.63) is 24.3 Å². The summed E-state index contributed by atoms with van der Waals surface area (Å²) in [6.45, 7) is 1.52. The van der Waals surface area contributed by atoms with E-state index in [1.54, 1.807) is 0 Å². The van der Waals surface area contributed by atoms with E-state index < -0.39 is 11.9 Å². The van der Waals surface area contributed by atoms with Gasteiger partial charge in [-0.1, -0.05) is 24.3 Å². The van der Waals surface area contributed by atoms with Crippen LogP contribution in [0.1, 0.15) is 58.3 Å². The number of carboxylic acid groups (broad SMARTS) is 1. The van der Waals surface area contributed by atoms with Crippen molar-refractivity contribution < 1.29 is 19.8 Å². The Hall–Kier alpha value is -1.86. The van der Waals surface area contributed by atoms with Gasteiger partial charge in [0.25, 0.3) is 0 Å². The summed E-state index contributed by atoms with van der Waals surface area (Å²) < 4.78 is 0. The molecule has 0 aromatic rings. The Labute approximate surface area is 151 Å². The molecule has 0 bridgehead atoms. The maximum Gasteiger partial charge on any atom is 0.308 e.